The van der Waals surface area contributed by atoms with Gasteiger partial charge < -0.3 is 10.6 Å². The third-order valence-corrected chi connectivity index (χ3v) is 3.34. The van der Waals surface area contributed by atoms with Gasteiger partial charge in [-0.25, -0.2) is 0 Å². The highest BCUT2D eigenvalue weighted by Crippen LogP contribution is 2.23. The molecule has 0 saturated carbocycles. The van der Waals surface area contributed by atoms with Crippen LogP contribution in [0.15, 0.2) is 0 Å². The Kier molecular flexibility index (Phi) is 4.14. The van der Waals surface area contributed by atoms with Gasteiger partial charge in [0.1, 0.15) is 0 Å². The lowest BCUT2D eigenvalue weighted by Gasteiger charge is -2.21. The number of hydrogen-bond acceptors (Lipinski definition) is 2. The molecule has 0 bridgehead atoms. The molecule has 3 nitrogen and oxygen atoms in total. The van der Waals surface area contributed by atoms with E-state index in [1.807, 2.05) is 4.90 Å². The smallest absolute Gasteiger partial charge is 0.239 e. The summed E-state index contributed by atoms with van der Waals surface area (Å²) in [6.07, 6.45) is 0.790. The van der Waals surface area contributed by atoms with Gasteiger partial charge in [0.2, 0.25) is 5.91 Å². The summed E-state index contributed by atoms with van der Waals surface area (Å²) in [5.41, 5.74) is 5.90. The Labute approximate surface area is 93.0 Å². The van der Waals surface area contributed by atoms with Crippen LogP contribution in [0.1, 0.15) is 34.1 Å². The van der Waals surface area contributed by atoms with Crippen LogP contribution in [0, 0.1) is 17.8 Å². The van der Waals surface area contributed by atoms with Gasteiger partial charge in [-0.05, 0) is 24.2 Å². The Morgan fingerprint density at radius 3 is 2.20 bits per heavy atom. The van der Waals surface area contributed by atoms with Gasteiger partial charge >= 0.3 is 0 Å². The van der Waals surface area contributed by atoms with Gasteiger partial charge in [-0.3, -0.25) is 4.79 Å². The first-order chi connectivity index (χ1) is 6.91. The third kappa shape index (κ3) is 3.20. The van der Waals surface area contributed by atoms with Gasteiger partial charge in [-0.15, -0.1) is 0 Å². The SMILES string of the molecule is CC(C)CC(N)C(=O)N1CC(C)C(C)C1. The van der Waals surface area contributed by atoms with Crippen LogP contribution in [0.4, 0.5) is 0 Å². The van der Waals surface area contributed by atoms with Crippen molar-refractivity contribution in [2.75, 3.05) is 13.1 Å². The van der Waals surface area contributed by atoms with E-state index in [1.54, 1.807) is 0 Å². The van der Waals surface area contributed by atoms with Crippen LogP contribution in [0.3, 0.4) is 0 Å². The second kappa shape index (κ2) is 4.97. The first-order valence-electron chi connectivity index (χ1n) is 5.96. The van der Waals surface area contributed by atoms with E-state index in [0.717, 1.165) is 19.5 Å². The molecule has 0 aromatic rings. The summed E-state index contributed by atoms with van der Waals surface area (Å²) in [7, 11) is 0. The van der Waals surface area contributed by atoms with Gasteiger partial charge in [0, 0.05) is 13.1 Å². The summed E-state index contributed by atoms with van der Waals surface area (Å²) in [5.74, 6) is 1.85. The van der Waals surface area contributed by atoms with E-state index in [-0.39, 0.29) is 11.9 Å². The molecule has 1 amide bonds. The van der Waals surface area contributed by atoms with Crippen LogP contribution in [-0.4, -0.2) is 29.9 Å². The van der Waals surface area contributed by atoms with Crippen LogP contribution in [0.2, 0.25) is 0 Å². The average Bonchev–Trinajstić information content (AvgIpc) is 2.44. The molecule has 1 fully saturated rings. The molecule has 88 valence electrons. The number of carbonyl (C=O) groups excluding carboxylic acids is 1. The van der Waals surface area contributed by atoms with Crippen molar-refractivity contribution < 1.29 is 4.79 Å². The minimum Gasteiger partial charge on any atom is -0.341 e. The summed E-state index contributed by atoms with van der Waals surface area (Å²) < 4.78 is 0. The van der Waals surface area contributed by atoms with E-state index in [2.05, 4.69) is 27.7 Å². The standard InChI is InChI=1S/C12H24N2O/c1-8(2)5-11(13)12(15)14-6-9(3)10(4)7-14/h8-11H,5-7,13H2,1-4H3. The fraction of sp³-hybridized carbons (Fsp3) is 0.917. The molecule has 1 rings (SSSR count). The Bertz CT molecular complexity index is 218. The molecule has 2 N–H and O–H groups in total. The van der Waals surface area contributed by atoms with Gasteiger partial charge in [-0.1, -0.05) is 27.7 Å². The van der Waals surface area contributed by atoms with E-state index >= 15 is 0 Å². The molecule has 1 aliphatic heterocycles. The van der Waals surface area contributed by atoms with E-state index in [9.17, 15) is 4.79 Å². The maximum Gasteiger partial charge on any atom is 0.239 e. The minimum absolute atomic E-state index is 0.139. The number of rotatable bonds is 3. The predicted octanol–water partition coefficient (Wildman–Crippen LogP) is 1.47. The average molecular weight is 212 g/mol. The summed E-state index contributed by atoms with van der Waals surface area (Å²) in [5, 5.41) is 0. The summed E-state index contributed by atoms with van der Waals surface area (Å²) in [6, 6.07) is -0.303. The molecule has 1 heterocycles. The largest absolute Gasteiger partial charge is 0.341 e. The molecule has 15 heavy (non-hydrogen) atoms. The van der Waals surface area contributed by atoms with Gasteiger partial charge in [0.15, 0.2) is 0 Å². The number of nitrogens with zero attached hydrogens (tertiary/aromatic N) is 1. The van der Waals surface area contributed by atoms with Crippen LogP contribution in [0.25, 0.3) is 0 Å². The monoisotopic (exact) mass is 212 g/mol. The first kappa shape index (κ1) is 12.5. The lowest BCUT2D eigenvalue weighted by atomic mass is 10.0. The molecule has 0 aromatic heterocycles. The molecule has 3 unspecified atom stereocenters. The number of hydrogen-bond donors (Lipinski definition) is 1. The normalized spacial score (nSPS) is 28.5. The first-order valence-corrected chi connectivity index (χ1v) is 5.96. The molecule has 0 aromatic carbocycles. The Morgan fingerprint density at radius 2 is 1.80 bits per heavy atom. The minimum atomic E-state index is -0.303. The van der Waals surface area contributed by atoms with Crippen molar-refractivity contribution in [3.05, 3.63) is 0 Å². The zero-order chi connectivity index (χ0) is 11.6. The van der Waals surface area contributed by atoms with E-state index in [4.69, 9.17) is 5.73 Å². The lowest BCUT2D eigenvalue weighted by molar-refractivity contribution is -0.132. The summed E-state index contributed by atoms with van der Waals surface area (Å²) >= 11 is 0. The molecule has 0 aliphatic carbocycles. The molecule has 0 spiro atoms. The van der Waals surface area contributed by atoms with Crippen LogP contribution in [0.5, 0.6) is 0 Å². The van der Waals surface area contributed by atoms with Gasteiger partial charge in [-0.2, -0.15) is 0 Å². The van der Waals surface area contributed by atoms with Crippen LogP contribution < -0.4 is 5.73 Å². The maximum atomic E-state index is 12.0. The van der Waals surface area contributed by atoms with Gasteiger partial charge in [0.05, 0.1) is 6.04 Å². The van der Waals surface area contributed by atoms with Crippen molar-refractivity contribution in [2.24, 2.45) is 23.5 Å². The van der Waals surface area contributed by atoms with Crippen molar-refractivity contribution >= 4 is 5.91 Å². The number of amides is 1. The highest BCUT2D eigenvalue weighted by atomic mass is 16.2. The summed E-state index contributed by atoms with van der Waals surface area (Å²) in [4.78, 5) is 13.9. The van der Waals surface area contributed by atoms with Crippen molar-refractivity contribution in [3.63, 3.8) is 0 Å². The Balaban J connectivity index is 2.47. The lowest BCUT2D eigenvalue weighted by Crippen LogP contribution is -2.43. The molecule has 3 heteroatoms. The molecule has 0 radical (unpaired) electrons. The fourth-order valence-electron chi connectivity index (χ4n) is 2.15. The topological polar surface area (TPSA) is 46.3 Å². The molecule has 1 aliphatic rings. The number of likely N-dealkylation sites (tertiary alicyclic amines) is 1. The van der Waals surface area contributed by atoms with E-state index in [0.29, 0.717) is 17.8 Å². The van der Waals surface area contributed by atoms with Gasteiger partial charge in [0.25, 0.3) is 0 Å². The quantitative estimate of drug-likeness (QED) is 0.770. The second-order valence-corrected chi connectivity index (χ2v) is 5.43. The number of nitrogens with two attached hydrogens (primary N) is 1. The van der Waals surface area contributed by atoms with E-state index < -0.39 is 0 Å². The molecule has 1 saturated heterocycles. The maximum absolute atomic E-state index is 12.0. The molecule has 3 atom stereocenters. The van der Waals surface area contributed by atoms with Crippen molar-refractivity contribution in [1.29, 1.82) is 0 Å². The Morgan fingerprint density at radius 1 is 1.33 bits per heavy atom. The number of carbonyl (C=O) groups is 1. The van der Waals surface area contributed by atoms with Crippen LogP contribution >= 0.6 is 0 Å². The zero-order valence-electron chi connectivity index (χ0n) is 10.4. The third-order valence-electron chi connectivity index (χ3n) is 3.34. The predicted molar refractivity (Wildman–Crippen MR) is 62.3 cm³/mol. The second-order valence-electron chi connectivity index (χ2n) is 5.43. The Hall–Kier alpha value is -0.570. The summed E-state index contributed by atoms with van der Waals surface area (Å²) in [6.45, 7) is 10.4. The fourth-order valence-corrected chi connectivity index (χ4v) is 2.15. The van der Waals surface area contributed by atoms with Crippen molar-refractivity contribution in [2.45, 2.75) is 40.2 Å². The zero-order valence-corrected chi connectivity index (χ0v) is 10.4. The highest BCUT2D eigenvalue weighted by molar-refractivity contribution is 5.81. The molecular weight excluding hydrogens is 188 g/mol. The highest BCUT2D eigenvalue weighted by Gasteiger charge is 2.31. The molecular formula is C12H24N2O. The van der Waals surface area contributed by atoms with Crippen LogP contribution in [-0.2, 0) is 4.79 Å². The van der Waals surface area contributed by atoms with Crippen molar-refractivity contribution in [3.8, 4) is 0 Å². The van der Waals surface area contributed by atoms with Crippen molar-refractivity contribution in [1.82, 2.24) is 4.90 Å². The van der Waals surface area contributed by atoms with E-state index in [1.165, 1.54) is 0 Å².